The molecule has 0 amide bonds. The molecule has 0 aliphatic heterocycles. The topological polar surface area (TPSA) is 85.2 Å². The van der Waals surface area contributed by atoms with E-state index in [2.05, 4.69) is 33.9 Å². The van der Waals surface area contributed by atoms with E-state index in [-0.39, 0.29) is 11.6 Å². The normalized spacial score (nSPS) is 26.1. The maximum absolute atomic E-state index is 12.2. The van der Waals surface area contributed by atoms with Crippen molar-refractivity contribution in [3.8, 4) is 0 Å². The van der Waals surface area contributed by atoms with E-state index in [0.29, 0.717) is 19.4 Å². The molecule has 0 spiro atoms. The molecule has 0 bridgehead atoms. The van der Waals surface area contributed by atoms with Crippen LogP contribution in [0.3, 0.4) is 0 Å². The Morgan fingerprint density at radius 3 is 2.35 bits per heavy atom. The molecule has 4 atom stereocenters. The first-order chi connectivity index (χ1) is 15.7. The van der Waals surface area contributed by atoms with Crippen molar-refractivity contribution in [2.45, 2.75) is 95.4 Å². The van der Waals surface area contributed by atoms with E-state index in [1.165, 1.54) is 19.3 Å². The molecule has 0 unspecified atom stereocenters. The predicted octanol–water partition coefficient (Wildman–Crippen LogP) is 5.00. The lowest BCUT2D eigenvalue weighted by Gasteiger charge is -2.48. The number of hydrogen-bond acceptors (Lipinski definition) is 6. The predicted molar refractivity (Wildman–Crippen MR) is 137 cm³/mol. The van der Waals surface area contributed by atoms with Crippen LogP contribution in [0.2, 0.25) is 18.1 Å². The number of methoxy groups -OCH3 is 1. The highest BCUT2D eigenvalue weighted by Gasteiger charge is 2.53. The summed E-state index contributed by atoms with van der Waals surface area (Å²) in [5, 5.41) is 23.7. The zero-order valence-corrected chi connectivity index (χ0v) is 23.0. The molecule has 6 nitrogen and oxygen atoms in total. The number of benzene rings is 1. The zero-order chi connectivity index (χ0) is 25.6. The third-order valence-electron chi connectivity index (χ3n) is 7.47. The fourth-order valence-corrected chi connectivity index (χ4v) is 5.77. The van der Waals surface area contributed by atoms with Crippen molar-refractivity contribution in [2.24, 2.45) is 5.92 Å². The number of esters is 1. The van der Waals surface area contributed by atoms with Gasteiger partial charge in [0.05, 0.1) is 32.0 Å². The van der Waals surface area contributed by atoms with Gasteiger partial charge in [-0.1, -0.05) is 63.9 Å². The maximum atomic E-state index is 12.2. The summed E-state index contributed by atoms with van der Waals surface area (Å²) < 4.78 is 17.4. The van der Waals surface area contributed by atoms with E-state index < -0.39 is 37.5 Å². The van der Waals surface area contributed by atoms with Crippen LogP contribution in [-0.4, -0.2) is 55.5 Å². The largest absolute Gasteiger partial charge is 0.466 e. The van der Waals surface area contributed by atoms with E-state index in [4.69, 9.17) is 13.9 Å². The summed E-state index contributed by atoms with van der Waals surface area (Å²) in [6, 6.07) is 9.78. The number of hydrogen-bond donors (Lipinski definition) is 2. The second-order valence-electron chi connectivity index (χ2n) is 11.3. The average molecular weight is 493 g/mol. The third-order valence-corrected chi connectivity index (χ3v) is 12.0. The Labute approximate surface area is 206 Å². The van der Waals surface area contributed by atoms with E-state index in [9.17, 15) is 15.0 Å². The van der Waals surface area contributed by atoms with Gasteiger partial charge in [-0.2, -0.15) is 0 Å². The van der Waals surface area contributed by atoms with Crippen molar-refractivity contribution in [1.82, 2.24) is 0 Å². The Hall–Kier alpha value is -1.51. The van der Waals surface area contributed by atoms with Crippen LogP contribution in [0.1, 0.15) is 58.9 Å². The van der Waals surface area contributed by atoms with Gasteiger partial charge in [0.1, 0.15) is 5.60 Å². The van der Waals surface area contributed by atoms with Crippen LogP contribution in [0.15, 0.2) is 42.5 Å². The summed E-state index contributed by atoms with van der Waals surface area (Å²) in [6.07, 6.45) is 5.12. The van der Waals surface area contributed by atoms with Gasteiger partial charge >= 0.3 is 5.97 Å². The molecule has 1 aliphatic carbocycles. The van der Waals surface area contributed by atoms with Crippen LogP contribution in [0, 0.1) is 5.92 Å². The van der Waals surface area contributed by atoms with Crippen LogP contribution < -0.4 is 0 Å². The standard InChI is InChI=1S/C27H44O6Si/c1-25(2,3)34(6,7)33-23-16-12-11-15-22(27(23,30)18-17-24(28)31-5)26(4,29)20-32-19-21-13-9-8-10-14-21/h8-10,13-14,17-18,22-23,29-30H,11-12,15-16,19-20H2,1-7H3/b18-17+/t22-,23+,26-,27-/m0/s1. The number of rotatable bonds is 9. The van der Waals surface area contributed by atoms with Gasteiger partial charge in [0, 0.05) is 12.0 Å². The van der Waals surface area contributed by atoms with Crippen LogP contribution in [0.5, 0.6) is 0 Å². The van der Waals surface area contributed by atoms with Crippen molar-refractivity contribution < 1.29 is 28.9 Å². The molecule has 0 radical (unpaired) electrons. The second-order valence-corrected chi connectivity index (χ2v) is 16.0. The minimum atomic E-state index is -2.25. The zero-order valence-electron chi connectivity index (χ0n) is 22.0. The van der Waals surface area contributed by atoms with E-state index in [1.807, 2.05) is 30.3 Å². The minimum absolute atomic E-state index is 0.0494. The molecule has 7 heteroatoms. The smallest absolute Gasteiger partial charge is 0.330 e. The van der Waals surface area contributed by atoms with Gasteiger partial charge in [0.25, 0.3) is 0 Å². The van der Waals surface area contributed by atoms with Crippen LogP contribution in [0.25, 0.3) is 0 Å². The average Bonchev–Trinajstić information content (AvgIpc) is 2.91. The molecule has 1 saturated carbocycles. The van der Waals surface area contributed by atoms with Gasteiger partial charge in [-0.25, -0.2) is 4.79 Å². The molecule has 1 aromatic carbocycles. The Bertz CT molecular complexity index is 814. The van der Waals surface area contributed by atoms with Crippen LogP contribution in [0.4, 0.5) is 0 Å². The highest BCUT2D eigenvalue weighted by atomic mass is 28.4. The molecule has 0 heterocycles. The highest BCUT2D eigenvalue weighted by molar-refractivity contribution is 6.74. The number of carbonyl (C=O) groups is 1. The summed E-state index contributed by atoms with van der Waals surface area (Å²) in [6.45, 7) is 12.9. The molecule has 2 rings (SSSR count). The molecule has 1 aromatic rings. The third kappa shape index (κ3) is 7.25. The fraction of sp³-hybridized carbons (Fsp3) is 0.667. The minimum Gasteiger partial charge on any atom is -0.466 e. The second kappa shape index (κ2) is 11.5. The van der Waals surface area contributed by atoms with Gasteiger partial charge in [0.2, 0.25) is 0 Å². The molecular formula is C27H44O6Si. The number of carbonyl (C=O) groups excluding carboxylic acids is 1. The maximum Gasteiger partial charge on any atom is 0.330 e. The Morgan fingerprint density at radius 1 is 1.15 bits per heavy atom. The monoisotopic (exact) mass is 492 g/mol. The van der Waals surface area contributed by atoms with Gasteiger partial charge in [-0.15, -0.1) is 0 Å². The lowest BCUT2D eigenvalue weighted by atomic mass is 9.72. The highest BCUT2D eigenvalue weighted by Crippen LogP contribution is 2.45. The van der Waals surface area contributed by atoms with Crippen LogP contribution in [-0.2, 0) is 25.3 Å². The van der Waals surface area contributed by atoms with E-state index in [0.717, 1.165) is 18.4 Å². The summed E-state index contributed by atoms with van der Waals surface area (Å²) in [4.78, 5) is 12.0. The van der Waals surface area contributed by atoms with Gasteiger partial charge in [-0.3, -0.25) is 0 Å². The Morgan fingerprint density at radius 2 is 1.76 bits per heavy atom. The Kier molecular flexibility index (Phi) is 9.70. The molecule has 1 fully saturated rings. The molecule has 2 N–H and O–H groups in total. The molecular weight excluding hydrogens is 448 g/mol. The van der Waals surface area contributed by atoms with Crippen molar-refractivity contribution >= 4 is 14.3 Å². The fourth-order valence-electron chi connectivity index (χ4n) is 4.40. The van der Waals surface area contributed by atoms with E-state index in [1.54, 1.807) is 6.92 Å². The first kappa shape index (κ1) is 28.7. The van der Waals surface area contributed by atoms with Gasteiger partial charge in [-0.05, 0) is 49.5 Å². The summed E-state index contributed by atoms with van der Waals surface area (Å²) in [7, 11) is -0.945. The lowest BCUT2D eigenvalue weighted by Crippen LogP contribution is -2.60. The van der Waals surface area contributed by atoms with E-state index >= 15 is 0 Å². The number of ether oxygens (including phenoxy) is 2. The molecule has 0 aromatic heterocycles. The van der Waals surface area contributed by atoms with Gasteiger partial charge in [0.15, 0.2) is 8.32 Å². The van der Waals surface area contributed by atoms with Crippen molar-refractivity contribution in [2.75, 3.05) is 13.7 Å². The summed E-state index contributed by atoms with van der Waals surface area (Å²) in [5.41, 5.74) is -1.89. The number of aliphatic hydroxyl groups is 2. The molecule has 0 saturated heterocycles. The SMILES string of the molecule is COC(=O)/C=C/[C@]1(O)[C@H]([C@@](C)(O)COCc2ccccc2)CCCC[C@H]1O[Si](C)(C)C(C)(C)C. The molecule has 34 heavy (non-hydrogen) atoms. The van der Waals surface area contributed by atoms with Crippen molar-refractivity contribution in [3.05, 3.63) is 48.0 Å². The Balaban J connectivity index is 2.36. The van der Waals surface area contributed by atoms with Crippen molar-refractivity contribution in [3.63, 3.8) is 0 Å². The first-order valence-electron chi connectivity index (χ1n) is 12.2. The summed E-state index contributed by atoms with van der Waals surface area (Å²) >= 11 is 0. The first-order valence-corrected chi connectivity index (χ1v) is 15.2. The quantitative estimate of drug-likeness (QED) is 0.218. The lowest BCUT2D eigenvalue weighted by molar-refractivity contribution is -0.161. The van der Waals surface area contributed by atoms with Gasteiger partial charge < -0.3 is 24.1 Å². The van der Waals surface area contributed by atoms with Crippen molar-refractivity contribution in [1.29, 1.82) is 0 Å². The van der Waals surface area contributed by atoms with Crippen LogP contribution >= 0.6 is 0 Å². The molecule has 192 valence electrons. The summed E-state index contributed by atoms with van der Waals surface area (Å²) in [5.74, 6) is -1.14. The molecule has 1 aliphatic rings.